The quantitative estimate of drug-likeness (QED) is 0.359. The summed E-state index contributed by atoms with van der Waals surface area (Å²) >= 11 is 18.7. The number of para-hydroxylation sites is 2. The molecule has 0 unspecified atom stereocenters. The van der Waals surface area contributed by atoms with Gasteiger partial charge in [0, 0.05) is 16.0 Å². The Balaban J connectivity index is 1.92. The topological polar surface area (TPSA) is 42.0 Å². The molecule has 1 N–H and O–H groups in total. The summed E-state index contributed by atoms with van der Waals surface area (Å²) < 4.78 is 0. The van der Waals surface area contributed by atoms with Gasteiger partial charge in [-0.15, -0.1) is 0 Å². The van der Waals surface area contributed by atoms with E-state index in [4.69, 9.17) is 39.8 Å². The molecule has 0 aliphatic heterocycles. The lowest BCUT2D eigenvalue weighted by Crippen LogP contribution is -2.15. The molecule has 0 fully saturated rings. The first-order valence-electron chi connectivity index (χ1n) is 8.86. The average molecular weight is 442 g/mol. The van der Waals surface area contributed by atoms with Gasteiger partial charge in [0.05, 0.1) is 32.5 Å². The highest BCUT2D eigenvalue weighted by Gasteiger charge is 2.20. The zero-order valence-electron chi connectivity index (χ0n) is 15.3. The van der Waals surface area contributed by atoms with E-state index in [2.05, 4.69) is 5.32 Å². The molecule has 0 saturated heterocycles. The number of fused-ring (bicyclic) bond motifs is 1. The summed E-state index contributed by atoms with van der Waals surface area (Å²) in [5, 5.41) is 5.14. The fourth-order valence-electron chi connectivity index (χ4n) is 3.29. The van der Waals surface area contributed by atoms with Crippen LogP contribution in [0.5, 0.6) is 0 Å². The number of amides is 1. The highest BCUT2D eigenvalue weighted by atomic mass is 35.5. The van der Waals surface area contributed by atoms with Crippen molar-refractivity contribution in [1.82, 2.24) is 4.98 Å². The van der Waals surface area contributed by atoms with Crippen LogP contribution in [0.3, 0.4) is 0 Å². The standard InChI is InChI=1S/C23H15Cl3N2O/c1-13-21(23(29)28-20-9-5-3-7-17(20)25)16-6-2-4-8-19(16)27-22(13)15-11-10-14(24)12-18(15)26/h2-12H,1H3,(H,28,29). The largest absolute Gasteiger partial charge is 0.321 e. The number of nitrogens with zero attached hydrogens (tertiary/aromatic N) is 1. The van der Waals surface area contributed by atoms with Crippen molar-refractivity contribution in [3.63, 3.8) is 0 Å². The molecule has 0 spiro atoms. The third kappa shape index (κ3) is 3.82. The van der Waals surface area contributed by atoms with Crippen molar-refractivity contribution in [2.75, 3.05) is 5.32 Å². The second kappa shape index (κ2) is 8.03. The fraction of sp³-hybridized carbons (Fsp3) is 0.0435. The normalized spacial score (nSPS) is 10.9. The summed E-state index contributed by atoms with van der Waals surface area (Å²) in [4.78, 5) is 18.0. The molecule has 3 aromatic carbocycles. The van der Waals surface area contributed by atoms with Gasteiger partial charge in [-0.25, -0.2) is 4.98 Å². The Labute approximate surface area is 183 Å². The highest BCUT2D eigenvalue weighted by molar-refractivity contribution is 6.36. The minimum absolute atomic E-state index is 0.263. The van der Waals surface area contributed by atoms with Gasteiger partial charge in [0.15, 0.2) is 0 Å². The van der Waals surface area contributed by atoms with Gasteiger partial charge in [0.1, 0.15) is 0 Å². The van der Waals surface area contributed by atoms with Crippen LogP contribution in [0.2, 0.25) is 15.1 Å². The highest BCUT2D eigenvalue weighted by Crippen LogP contribution is 2.35. The molecule has 0 saturated carbocycles. The van der Waals surface area contributed by atoms with Crippen LogP contribution in [0, 0.1) is 6.92 Å². The Kier molecular flexibility index (Phi) is 5.46. The van der Waals surface area contributed by atoms with Gasteiger partial charge in [-0.05, 0) is 48.9 Å². The molecule has 0 atom stereocenters. The number of carbonyl (C=O) groups excluding carboxylic acids is 1. The molecule has 4 rings (SSSR count). The average Bonchev–Trinajstić information content (AvgIpc) is 2.69. The van der Waals surface area contributed by atoms with Crippen molar-refractivity contribution >= 4 is 57.3 Å². The lowest BCUT2D eigenvalue weighted by atomic mass is 9.97. The Morgan fingerprint density at radius 1 is 0.897 bits per heavy atom. The summed E-state index contributed by atoms with van der Waals surface area (Å²) in [6.45, 7) is 1.86. The molecule has 3 nitrogen and oxygen atoms in total. The van der Waals surface area contributed by atoms with E-state index in [1.54, 1.807) is 24.3 Å². The number of nitrogens with one attached hydrogen (secondary N) is 1. The molecule has 1 aromatic heterocycles. The van der Waals surface area contributed by atoms with Crippen LogP contribution in [-0.4, -0.2) is 10.9 Å². The monoisotopic (exact) mass is 440 g/mol. The number of carbonyl (C=O) groups is 1. The van der Waals surface area contributed by atoms with Gasteiger partial charge in [0.2, 0.25) is 0 Å². The second-order valence-electron chi connectivity index (χ2n) is 6.54. The van der Waals surface area contributed by atoms with Gasteiger partial charge >= 0.3 is 0 Å². The number of rotatable bonds is 3. The molecule has 0 aliphatic rings. The van der Waals surface area contributed by atoms with E-state index in [0.29, 0.717) is 43.1 Å². The summed E-state index contributed by atoms with van der Waals surface area (Å²) in [6.07, 6.45) is 0. The van der Waals surface area contributed by atoms with E-state index in [-0.39, 0.29) is 5.91 Å². The smallest absolute Gasteiger partial charge is 0.256 e. The van der Waals surface area contributed by atoms with Crippen molar-refractivity contribution < 1.29 is 4.79 Å². The minimum atomic E-state index is -0.263. The van der Waals surface area contributed by atoms with Gasteiger partial charge < -0.3 is 5.32 Å². The molecule has 0 bridgehead atoms. The molecule has 0 radical (unpaired) electrons. The van der Waals surface area contributed by atoms with Crippen LogP contribution in [0.1, 0.15) is 15.9 Å². The number of halogens is 3. The number of anilines is 1. The summed E-state index contributed by atoms with van der Waals surface area (Å²) in [5.41, 5.74) is 3.84. The van der Waals surface area contributed by atoms with Crippen LogP contribution < -0.4 is 5.32 Å². The number of hydrogen-bond acceptors (Lipinski definition) is 2. The molecule has 0 aliphatic carbocycles. The maximum absolute atomic E-state index is 13.3. The molecule has 1 heterocycles. The van der Waals surface area contributed by atoms with Gasteiger partial charge in [-0.1, -0.05) is 65.1 Å². The Hall–Kier alpha value is -2.59. The van der Waals surface area contributed by atoms with Gasteiger partial charge in [0.25, 0.3) is 5.91 Å². The lowest BCUT2D eigenvalue weighted by Gasteiger charge is -2.16. The van der Waals surface area contributed by atoms with E-state index in [1.807, 2.05) is 49.4 Å². The van der Waals surface area contributed by atoms with Crippen molar-refractivity contribution in [1.29, 1.82) is 0 Å². The molecule has 4 aromatic rings. The zero-order valence-corrected chi connectivity index (χ0v) is 17.6. The summed E-state index contributed by atoms with van der Waals surface area (Å²) in [6, 6.07) is 19.9. The summed E-state index contributed by atoms with van der Waals surface area (Å²) in [7, 11) is 0. The first kappa shape index (κ1) is 19.7. The van der Waals surface area contributed by atoms with E-state index < -0.39 is 0 Å². The number of benzene rings is 3. The van der Waals surface area contributed by atoms with E-state index in [0.717, 1.165) is 10.9 Å². The molecule has 6 heteroatoms. The zero-order chi connectivity index (χ0) is 20.5. The fourth-order valence-corrected chi connectivity index (χ4v) is 3.97. The third-order valence-electron chi connectivity index (χ3n) is 4.67. The number of aromatic nitrogens is 1. The van der Waals surface area contributed by atoms with Crippen molar-refractivity contribution in [3.8, 4) is 11.3 Å². The Morgan fingerprint density at radius 2 is 1.62 bits per heavy atom. The first-order chi connectivity index (χ1) is 14.0. The van der Waals surface area contributed by atoms with E-state index in [1.165, 1.54) is 0 Å². The van der Waals surface area contributed by atoms with E-state index >= 15 is 0 Å². The molecular formula is C23H15Cl3N2O. The van der Waals surface area contributed by atoms with Crippen LogP contribution in [0.4, 0.5) is 5.69 Å². The van der Waals surface area contributed by atoms with Crippen LogP contribution in [-0.2, 0) is 0 Å². The van der Waals surface area contributed by atoms with Crippen LogP contribution in [0.15, 0.2) is 66.7 Å². The maximum Gasteiger partial charge on any atom is 0.256 e. The molecular weight excluding hydrogens is 427 g/mol. The molecule has 144 valence electrons. The lowest BCUT2D eigenvalue weighted by molar-refractivity contribution is 0.102. The van der Waals surface area contributed by atoms with Crippen molar-refractivity contribution in [2.24, 2.45) is 0 Å². The maximum atomic E-state index is 13.3. The predicted molar refractivity (Wildman–Crippen MR) is 121 cm³/mol. The molecule has 29 heavy (non-hydrogen) atoms. The number of hydrogen-bond donors (Lipinski definition) is 1. The van der Waals surface area contributed by atoms with Gasteiger partial charge in [-0.2, -0.15) is 0 Å². The van der Waals surface area contributed by atoms with Crippen LogP contribution >= 0.6 is 34.8 Å². The van der Waals surface area contributed by atoms with Crippen molar-refractivity contribution in [2.45, 2.75) is 6.92 Å². The third-order valence-corrected chi connectivity index (χ3v) is 5.55. The predicted octanol–water partition coefficient (Wildman–Crippen LogP) is 7.42. The number of pyridine rings is 1. The first-order valence-corrected chi connectivity index (χ1v) is 9.99. The van der Waals surface area contributed by atoms with Gasteiger partial charge in [-0.3, -0.25) is 4.79 Å². The van der Waals surface area contributed by atoms with Crippen LogP contribution in [0.25, 0.3) is 22.2 Å². The van der Waals surface area contributed by atoms with E-state index in [9.17, 15) is 4.79 Å². The Bertz CT molecular complexity index is 1250. The Morgan fingerprint density at radius 3 is 2.38 bits per heavy atom. The minimum Gasteiger partial charge on any atom is -0.321 e. The second-order valence-corrected chi connectivity index (χ2v) is 7.79. The van der Waals surface area contributed by atoms with Crippen molar-refractivity contribution in [3.05, 3.63) is 92.9 Å². The SMILES string of the molecule is Cc1c(-c2ccc(Cl)cc2Cl)nc2ccccc2c1C(=O)Nc1ccccc1Cl. The molecule has 1 amide bonds. The summed E-state index contributed by atoms with van der Waals surface area (Å²) in [5.74, 6) is -0.263.